The fourth-order valence-corrected chi connectivity index (χ4v) is 4.59. The van der Waals surface area contributed by atoms with Crippen molar-refractivity contribution in [2.75, 3.05) is 12.4 Å². The number of thioether (sulfide) groups is 1. The molecule has 1 aromatic carbocycles. The van der Waals surface area contributed by atoms with Crippen LogP contribution in [0, 0.1) is 13.8 Å². The van der Waals surface area contributed by atoms with Crippen LogP contribution in [0.15, 0.2) is 35.5 Å². The number of carbonyl (C=O) groups is 1. The Morgan fingerprint density at radius 2 is 2.03 bits per heavy atom. The summed E-state index contributed by atoms with van der Waals surface area (Å²) < 4.78 is 15.9. The lowest BCUT2D eigenvalue weighted by molar-refractivity contribution is 0.0777. The van der Waals surface area contributed by atoms with Crippen LogP contribution in [-0.2, 0) is 6.54 Å². The highest BCUT2D eigenvalue weighted by Crippen LogP contribution is 2.36. The van der Waals surface area contributed by atoms with Crippen LogP contribution in [0.5, 0.6) is 11.5 Å². The number of hydrogen-bond acceptors (Lipinski definition) is 7. The molecule has 1 saturated carbocycles. The minimum atomic E-state index is -0.106. The van der Waals surface area contributed by atoms with Gasteiger partial charge in [-0.2, -0.15) is 0 Å². The van der Waals surface area contributed by atoms with Gasteiger partial charge in [0.15, 0.2) is 23.4 Å². The molecule has 0 spiro atoms. The maximum Gasteiger partial charge on any atom is 0.210 e. The molecule has 0 N–H and O–H groups in total. The SMILES string of the molecule is Cc1cc(C(=O)CSc2nnnn2C2CC2)c(C)n1C[C@H]1COc2ccccc2O1. The third-order valence-corrected chi connectivity index (χ3v) is 6.45. The summed E-state index contributed by atoms with van der Waals surface area (Å²) in [4.78, 5) is 12.9. The second-order valence-electron chi connectivity index (χ2n) is 7.74. The van der Waals surface area contributed by atoms with Crippen molar-refractivity contribution in [3.05, 3.63) is 47.3 Å². The zero-order valence-electron chi connectivity index (χ0n) is 16.9. The van der Waals surface area contributed by atoms with Crippen LogP contribution in [0.1, 0.15) is 40.6 Å². The maximum atomic E-state index is 12.9. The van der Waals surface area contributed by atoms with Crippen molar-refractivity contribution in [1.82, 2.24) is 24.8 Å². The third-order valence-electron chi connectivity index (χ3n) is 5.52. The summed E-state index contributed by atoms with van der Waals surface area (Å²) in [6.45, 7) is 5.11. The summed E-state index contributed by atoms with van der Waals surface area (Å²) in [6.07, 6.45) is 2.10. The number of para-hydroxylation sites is 2. The second-order valence-corrected chi connectivity index (χ2v) is 8.68. The molecule has 0 amide bonds. The number of ether oxygens (including phenoxy) is 2. The summed E-state index contributed by atoms with van der Waals surface area (Å²) >= 11 is 1.40. The molecule has 0 saturated heterocycles. The number of benzene rings is 1. The Morgan fingerprint density at radius 3 is 2.83 bits per heavy atom. The Balaban J connectivity index is 1.26. The molecular formula is C21H23N5O3S. The minimum Gasteiger partial charge on any atom is -0.486 e. The van der Waals surface area contributed by atoms with E-state index in [1.807, 2.05) is 48.9 Å². The highest BCUT2D eigenvalue weighted by atomic mass is 32.2. The van der Waals surface area contributed by atoms with Crippen LogP contribution in [0.2, 0.25) is 0 Å². The van der Waals surface area contributed by atoms with Gasteiger partial charge in [0.2, 0.25) is 5.16 Å². The van der Waals surface area contributed by atoms with Crippen LogP contribution in [0.4, 0.5) is 0 Å². The van der Waals surface area contributed by atoms with Gasteiger partial charge < -0.3 is 14.0 Å². The van der Waals surface area contributed by atoms with Crippen LogP contribution in [-0.4, -0.2) is 49.0 Å². The molecule has 2 aromatic heterocycles. The van der Waals surface area contributed by atoms with Crippen molar-refractivity contribution in [2.45, 2.75) is 50.5 Å². The van der Waals surface area contributed by atoms with Gasteiger partial charge in [-0.05, 0) is 55.3 Å². The smallest absolute Gasteiger partial charge is 0.210 e. The van der Waals surface area contributed by atoms with Crippen molar-refractivity contribution in [3.8, 4) is 11.5 Å². The Kier molecular flexibility index (Phi) is 4.98. The molecule has 0 unspecified atom stereocenters. The quantitative estimate of drug-likeness (QED) is 0.424. The highest BCUT2D eigenvalue weighted by Gasteiger charge is 2.28. The monoisotopic (exact) mass is 425 g/mol. The topological polar surface area (TPSA) is 84.1 Å². The summed E-state index contributed by atoms with van der Waals surface area (Å²) in [5.41, 5.74) is 2.72. The normalized spacial score (nSPS) is 17.9. The van der Waals surface area contributed by atoms with E-state index < -0.39 is 0 Å². The Labute approximate surface area is 178 Å². The number of ketones is 1. The van der Waals surface area contributed by atoms with Gasteiger partial charge in [-0.1, -0.05) is 23.9 Å². The fourth-order valence-electron chi connectivity index (χ4n) is 3.76. The summed E-state index contributed by atoms with van der Waals surface area (Å²) in [5, 5.41) is 12.6. The molecule has 0 radical (unpaired) electrons. The van der Waals surface area contributed by atoms with Gasteiger partial charge in [0.1, 0.15) is 6.61 Å². The fraction of sp³-hybridized carbons (Fsp3) is 0.429. The van der Waals surface area contributed by atoms with E-state index in [1.165, 1.54) is 11.8 Å². The second kappa shape index (κ2) is 7.79. The zero-order valence-corrected chi connectivity index (χ0v) is 17.8. The number of tetrazole rings is 1. The lowest BCUT2D eigenvalue weighted by Crippen LogP contribution is -2.33. The first-order valence-electron chi connectivity index (χ1n) is 10.1. The van der Waals surface area contributed by atoms with E-state index in [2.05, 4.69) is 20.1 Å². The van der Waals surface area contributed by atoms with Crippen molar-refractivity contribution in [1.29, 1.82) is 0 Å². The molecule has 5 rings (SSSR count). The van der Waals surface area contributed by atoms with Gasteiger partial charge in [-0.25, -0.2) is 4.68 Å². The molecule has 1 atom stereocenters. The van der Waals surface area contributed by atoms with E-state index in [4.69, 9.17) is 9.47 Å². The summed E-state index contributed by atoms with van der Waals surface area (Å²) in [6, 6.07) is 10.0. The van der Waals surface area contributed by atoms with E-state index in [0.29, 0.717) is 30.1 Å². The number of nitrogens with zero attached hydrogens (tertiary/aromatic N) is 5. The van der Waals surface area contributed by atoms with Crippen LogP contribution in [0.25, 0.3) is 0 Å². The number of aromatic nitrogens is 5. The number of carbonyl (C=O) groups excluding carboxylic acids is 1. The first kappa shape index (κ1) is 19.2. The standard InChI is InChI=1S/C21H23N5O3S/c1-13-9-17(18(27)12-30-21-22-23-24-26(21)15-7-8-15)14(2)25(13)10-16-11-28-19-5-3-4-6-20(19)29-16/h3-6,9,15-16H,7-8,10-12H2,1-2H3/t16-/m0/s1. The van der Waals surface area contributed by atoms with Crippen molar-refractivity contribution in [2.24, 2.45) is 0 Å². The minimum absolute atomic E-state index is 0.0795. The average Bonchev–Trinajstić information content (AvgIpc) is 3.43. The molecule has 1 aliphatic carbocycles. The van der Waals surface area contributed by atoms with Crippen molar-refractivity contribution < 1.29 is 14.3 Å². The lowest BCUT2D eigenvalue weighted by Gasteiger charge is -2.27. The van der Waals surface area contributed by atoms with Gasteiger partial charge in [0, 0.05) is 17.0 Å². The molecule has 1 aliphatic heterocycles. The number of Topliss-reactive ketones (excluding diaryl/α,β-unsaturated/α-hetero) is 1. The van der Waals surface area contributed by atoms with Crippen molar-refractivity contribution in [3.63, 3.8) is 0 Å². The van der Waals surface area contributed by atoms with Crippen molar-refractivity contribution >= 4 is 17.5 Å². The lowest BCUT2D eigenvalue weighted by atomic mass is 10.2. The van der Waals surface area contributed by atoms with Gasteiger partial charge in [0.25, 0.3) is 0 Å². The molecule has 2 aliphatic rings. The van der Waals surface area contributed by atoms with E-state index in [0.717, 1.165) is 41.3 Å². The molecule has 3 aromatic rings. The first-order valence-corrected chi connectivity index (χ1v) is 11.1. The zero-order chi connectivity index (χ0) is 20.7. The van der Waals surface area contributed by atoms with E-state index in [1.54, 1.807) is 0 Å². The predicted octanol–water partition coefficient (Wildman–Crippen LogP) is 3.24. The van der Waals surface area contributed by atoms with E-state index >= 15 is 0 Å². The van der Waals surface area contributed by atoms with Crippen LogP contribution in [0.3, 0.4) is 0 Å². The molecule has 0 bridgehead atoms. The molecule has 3 heterocycles. The summed E-state index contributed by atoms with van der Waals surface area (Å²) in [7, 11) is 0. The third kappa shape index (κ3) is 3.69. The molecule has 1 fully saturated rings. The molecule has 30 heavy (non-hydrogen) atoms. The number of fused-ring (bicyclic) bond motifs is 1. The Hall–Kier alpha value is -2.81. The Bertz CT molecular complexity index is 1090. The molecular weight excluding hydrogens is 402 g/mol. The van der Waals surface area contributed by atoms with Gasteiger partial charge in [-0.15, -0.1) is 5.10 Å². The Morgan fingerprint density at radius 1 is 1.23 bits per heavy atom. The summed E-state index contributed by atoms with van der Waals surface area (Å²) in [5.74, 6) is 1.93. The molecule has 9 heteroatoms. The van der Waals surface area contributed by atoms with E-state index in [-0.39, 0.29) is 11.9 Å². The molecule has 8 nitrogen and oxygen atoms in total. The average molecular weight is 426 g/mol. The molecule has 156 valence electrons. The predicted molar refractivity (Wildman–Crippen MR) is 111 cm³/mol. The van der Waals surface area contributed by atoms with Crippen LogP contribution < -0.4 is 9.47 Å². The highest BCUT2D eigenvalue weighted by molar-refractivity contribution is 7.99. The number of aryl methyl sites for hydroxylation is 1. The number of rotatable bonds is 7. The maximum absolute atomic E-state index is 12.9. The van der Waals surface area contributed by atoms with Crippen LogP contribution >= 0.6 is 11.8 Å². The number of hydrogen-bond donors (Lipinski definition) is 0. The van der Waals surface area contributed by atoms with Gasteiger partial charge >= 0.3 is 0 Å². The largest absolute Gasteiger partial charge is 0.486 e. The van der Waals surface area contributed by atoms with Gasteiger partial charge in [-0.3, -0.25) is 4.79 Å². The first-order chi connectivity index (χ1) is 14.6. The van der Waals surface area contributed by atoms with E-state index in [9.17, 15) is 4.79 Å². The van der Waals surface area contributed by atoms with Gasteiger partial charge in [0.05, 0.1) is 18.3 Å².